The lowest BCUT2D eigenvalue weighted by atomic mass is 10.2. The van der Waals surface area contributed by atoms with Crippen LogP contribution in [0.1, 0.15) is 0 Å². The average Bonchev–Trinajstić information content (AvgIpc) is 3.16. The number of rotatable bonds is 3. The van der Waals surface area contributed by atoms with Crippen LogP contribution in [0.25, 0.3) is 22.3 Å². The molecule has 2 amide bonds. The summed E-state index contributed by atoms with van der Waals surface area (Å²) in [5, 5.41) is 6.75. The van der Waals surface area contributed by atoms with Gasteiger partial charge in [0.1, 0.15) is 11.4 Å². The molecule has 9 nitrogen and oxygen atoms in total. The molecule has 0 fully saturated rings. The minimum Gasteiger partial charge on any atom is -0.497 e. The highest BCUT2D eigenvalue weighted by atomic mass is 16.5. The molecule has 9 heteroatoms. The van der Waals surface area contributed by atoms with E-state index in [0.29, 0.717) is 34.3 Å². The molecule has 0 saturated heterocycles. The lowest BCUT2D eigenvalue weighted by Gasteiger charge is -2.24. The fourth-order valence-corrected chi connectivity index (χ4v) is 3.90. The van der Waals surface area contributed by atoms with Crippen molar-refractivity contribution in [1.29, 1.82) is 0 Å². The summed E-state index contributed by atoms with van der Waals surface area (Å²) in [7, 11) is 5.00. The molecule has 3 heterocycles. The van der Waals surface area contributed by atoms with Gasteiger partial charge < -0.3 is 10.1 Å². The number of aliphatic imine (C=N–C) groups is 1. The van der Waals surface area contributed by atoms with Crippen LogP contribution in [-0.2, 0) is 0 Å². The number of benzene rings is 2. The van der Waals surface area contributed by atoms with Crippen molar-refractivity contribution in [2.24, 2.45) is 4.99 Å². The van der Waals surface area contributed by atoms with Gasteiger partial charge >= 0.3 is 12.0 Å². The van der Waals surface area contributed by atoms with Crippen LogP contribution in [0.4, 0.5) is 22.0 Å². The number of ether oxygens (including phenoxy) is 1. The van der Waals surface area contributed by atoms with E-state index in [1.54, 1.807) is 33.6 Å². The van der Waals surface area contributed by atoms with Gasteiger partial charge in [0.15, 0.2) is 17.3 Å². The Morgan fingerprint density at radius 3 is 2.73 bits per heavy atom. The normalized spacial score (nSPS) is 18.1. The van der Waals surface area contributed by atoms with E-state index in [1.165, 1.54) is 0 Å². The number of anilines is 1. The van der Waals surface area contributed by atoms with Gasteiger partial charge in [0, 0.05) is 36.5 Å². The van der Waals surface area contributed by atoms with E-state index in [-0.39, 0.29) is 10.5 Å². The van der Waals surface area contributed by atoms with Crippen molar-refractivity contribution in [1.82, 2.24) is 24.8 Å². The maximum Gasteiger partial charge on any atom is 0.428 e. The number of nitrogens with zero attached hydrogens (tertiary/aromatic N) is 5. The number of pyridine rings is 1. The first-order valence-electron chi connectivity index (χ1n) is 10.4. The molecule has 1 unspecified atom stereocenters. The molecule has 0 spiro atoms. The van der Waals surface area contributed by atoms with Crippen LogP contribution in [0.3, 0.4) is 0 Å². The summed E-state index contributed by atoms with van der Waals surface area (Å²) < 4.78 is 5.24. The van der Waals surface area contributed by atoms with Crippen LogP contribution in [0.5, 0.6) is 5.75 Å². The molecule has 0 saturated carbocycles. The fraction of sp³-hybridized carbons (Fsp3) is 0.125. The van der Waals surface area contributed by atoms with Gasteiger partial charge in [-0.05, 0) is 36.4 Å². The number of urea groups is 1. The number of amides is 2. The monoisotopic (exact) mass is 440 g/mol. The maximum absolute atomic E-state index is 13.0. The molecule has 1 aliphatic heterocycles. The molecular formula is C24H22N7O2+. The number of carbonyl (C=O) groups is 1. The Bertz CT molecular complexity index is 1400. The molecule has 4 aromatic rings. The number of guanidine groups is 1. The molecule has 0 aliphatic carbocycles. The van der Waals surface area contributed by atoms with Crippen LogP contribution < -0.4 is 19.9 Å². The standard InChI is InChI=1S/C24H21N7O2/c1-25-24(32)31(2)20-9-5-4-8-19(20)28-23(31)30-22-17-13-16(33-3)10-11-18(17)27-21(29-22)15-7-6-12-26-14-15/h4-14H,1-3H3,(H-,25,27,28,29,30,32)/p+1. The summed E-state index contributed by atoms with van der Waals surface area (Å²) in [6.07, 6.45) is 3.40. The average molecular weight is 440 g/mol. The SMILES string of the molecule is CNC(=O)[N+]1(C)C(=Nc2nc(-c3cccnc3)nc3ccc(OC)cc23)Nc2ccccc21. The zero-order valence-electron chi connectivity index (χ0n) is 18.4. The third-order valence-electron chi connectivity index (χ3n) is 5.69. The van der Waals surface area contributed by atoms with Crippen molar-refractivity contribution in [3.05, 3.63) is 67.0 Å². The molecule has 5 rings (SSSR count). The largest absolute Gasteiger partial charge is 0.497 e. The summed E-state index contributed by atoms with van der Waals surface area (Å²) in [4.78, 5) is 31.5. The zero-order valence-corrected chi connectivity index (χ0v) is 18.4. The summed E-state index contributed by atoms with van der Waals surface area (Å²) in [6.45, 7) is 0. The number of methoxy groups -OCH3 is 1. The Kier molecular flexibility index (Phi) is 4.95. The first-order valence-corrected chi connectivity index (χ1v) is 10.4. The van der Waals surface area contributed by atoms with Gasteiger partial charge in [-0.1, -0.05) is 12.1 Å². The Balaban J connectivity index is 1.76. The minimum absolute atomic E-state index is 0.176. The van der Waals surface area contributed by atoms with Gasteiger partial charge in [0.25, 0.3) is 0 Å². The summed E-state index contributed by atoms with van der Waals surface area (Å²) in [5.41, 5.74) is 3.07. The van der Waals surface area contributed by atoms with Gasteiger partial charge in [0.2, 0.25) is 0 Å². The van der Waals surface area contributed by atoms with E-state index in [0.717, 1.165) is 16.9 Å². The van der Waals surface area contributed by atoms with Crippen LogP contribution in [0.2, 0.25) is 0 Å². The van der Waals surface area contributed by atoms with E-state index >= 15 is 0 Å². The van der Waals surface area contributed by atoms with Gasteiger partial charge in [0.05, 0.1) is 19.7 Å². The van der Waals surface area contributed by atoms with E-state index in [2.05, 4.69) is 15.6 Å². The Hall–Kier alpha value is -4.37. The molecule has 2 aromatic carbocycles. The lowest BCUT2D eigenvalue weighted by Crippen LogP contribution is -2.58. The van der Waals surface area contributed by atoms with Crippen LogP contribution in [-0.4, -0.2) is 48.1 Å². The first-order chi connectivity index (χ1) is 16.0. The molecule has 0 radical (unpaired) electrons. The van der Waals surface area contributed by atoms with Crippen molar-refractivity contribution in [3.63, 3.8) is 0 Å². The van der Waals surface area contributed by atoms with Crippen LogP contribution in [0.15, 0.2) is 72.0 Å². The second-order valence-electron chi connectivity index (χ2n) is 7.63. The number of para-hydroxylation sites is 2. The number of carbonyl (C=O) groups excluding carboxylic acids is 1. The number of hydrogen-bond donors (Lipinski definition) is 2. The minimum atomic E-state index is -0.227. The Labute approximate surface area is 190 Å². The fourth-order valence-electron chi connectivity index (χ4n) is 3.90. The van der Waals surface area contributed by atoms with E-state index in [9.17, 15) is 4.79 Å². The zero-order chi connectivity index (χ0) is 23.0. The van der Waals surface area contributed by atoms with Crippen LogP contribution >= 0.6 is 0 Å². The number of quaternary nitrogens is 1. The van der Waals surface area contributed by atoms with Gasteiger partial charge in [-0.2, -0.15) is 4.99 Å². The molecule has 164 valence electrons. The van der Waals surface area contributed by atoms with Crippen molar-refractivity contribution < 1.29 is 9.53 Å². The molecule has 1 atom stereocenters. The van der Waals surface area contributed by atoms with Crippen molar-refractivity contribution in [3.8, 4) is 17.1 Å². The third-order valence-corrected chi connectivity index (χ3v) is 5.69. The van der Waals surface area contributed by atoms with E-state index in [4.69, 9.17) is 19.7 Å². The predicted octanol–water partition coefficient (Wildman–Crippen LogP) is 4.09. The highest BCUT2D eigenvalue weighted by molar-refractivity contribution is 6.22. The predicted molar refractivity (Wildman–Crippen MR) is 129 cm³/mol. The van der Waals surface area contributed by atoms with Gasteiger partial charge in [-0.15, -0.1) is 4.48 Å². The topological polar surface area (TPSA) is 101 Å². The van der Waals surface area contributed by atoms with Crippen LogP contribution in [0, 0.1) is 0 Å². The summed E-state index contributed by atoms with van der Waals surface area (Å²) in [6, 6.07) is 16.7. The quantitative estimate of drug-likeness (QED) is 0.465. The van der Waals surface area contributed by atoms with E-state index in [1.807, 2.05) is 54.6 Å². The highest BCUT2D eigenvalue weighted by Gasteiger charge is 2.48. The maximum atomic E-state index is 13.0. The smallest absolute Gasteiger partial charge is 0.428 e. The van der Waals surface area contributed by atoms with Gasteiger partial charge in [-0.25, -0.2) is 14.8 Å². The molecule has 0 bridgehead atoms. The third kappa shape index (κ3) is 3.35. The van der Waals surface area contributed by atoms with Crippen molar-refractivity contribution in [2.75, 3.05) is 26.5 Å². The molecule has 2 aromatic heterocycles. The molecule has 2 N–H and O–H groups in total. The second-order valence-corrected chi connectivity index (χ2v) is 7.63. The molecule has 1 aliphatic rings. The van der Waals surface area contributed by atoms with Gasteiger partial charge in [-0.3, -0.25) is 10.3 Å². The van der Waals surface area contributed by atoms with Crippen molar-refractivity contribution in [2.45, 2.75) is 0 Å². The first kappa shape index (κ1) is 20.5. The van der Waals surface area contributed by atoms with E-state index < -0.39 is 0 Å². The summed E-state index contributed by atoms with van der Waals surface area (Å²) in [5.74, 6) is 1.99. The highest BCUT2D eigenvalue weighted by Crippen LogP contribution is 2.39. The number of nitrogens with one attached hydrogen (secondary N) is 2. The molecular weight excluding hydrogens is 418 g/mol. The Morgan fingerprint density at radius 2 is 1.97 bits per heavy atom. The molecule has 33 heavy (non-hydrogen) atoms. The lowest BCUT2D eigenvalue weighted by molar-refractivity contribution is 0.229. The van der Waals surface area contributed by atoms with Crippen molar-refractivity contribution >= 4 is 40.1 Å². The number of aromatic nitrogens is 3. The summed E-state index contributed by atoms with van der Waals surface area (Å²) >= 11 is 0. The number of hydrogen-bond acceptors (Lipinski definition) is 6. The Morgan fingerprint density at radius 1 is 1.12 bits per heavy atom. The number of fused-ring (bicyclic) bond motifs is 2. The second kappa shape index (κ2) is 7.95.